The van der Waals surface area contributed by atoms with E-state index in [0.717, 1.165) is 0 Å². The minimum absolute atomic E-state index is 0.0413. The lowest BCUT2D eigenvalue weighted by molar-refractivity contribution is -0.158. The zero-order valence-corrected chi connectivity index (χ0v) is 11.0. The molecule has 5 nitrogen and oxygen atoms in total. The normalized spacial score (nSPS) is 42.9. The summed E-state index contributed by atoms with van der Waals surface area (Å²) in [4.78, 5) is 0. The highest BCUT2D eigenvalue weighted by molar-refractivity contribution is 7.57. The fourth-order valence-electron chi connectivity index (χ4n) is 2.46. The zero-order chi connectivity index (χ0) is 12.0. The summed E-state index contributed by atoms with van der Waals surface area (Å²) in [6, 6.07) is 0. The lowest BCUT2D eigenvalue weighted by Gasteiger charge is -2.30. The number of ether oxygens (including phenoxy) is 3. The van der Waals surface area contributed by atoms with Crippen molar-refractivity contribution in [3.63, 3.8) is 0 Å². The predicted octanol–water partition coefficient (Wildman–Crippen LogP) is 1.11. The molecule has 2 aliphatic rings. The van der Waals surface area contributed by atoms with Gasteiger partial charge in [0.1, 0.15) is 17.8 Å². The van der Waals surface area contributed by atoms with Gasteiger partial charge in [-0.3, -0.25) is 4.57 Å². The van der Waals surface area contributed by atoms with E-state index in [2.05, 4.69) is 0 Å². The van der Waals surface area contributed by atoms with Crippen LogP contribution in [-0.4, -0.2) is 57.6 Å². The summed E-state index contributed by atoms with van der Waals surface area (Å²) in [6.45, 7) is 6.00. The Kier molecular flexibility index (Phi) is 3.19. The van der Waals surface area contributed by atoms with E-state index >= 15 is 0 Å². The van der Waals surface area contributed by atoms with E-state index in [1.54, 1.807) is 20.4 Å². The van der Waals surface area contributed by atoms with Gasteiger partial charge >= 0.3 is 0 Å². The maximum Gasteiger partial charge on any atom is 0.197 e. The van der Waals surface area contributed by atoms with Crippen LogP contribution in [0.2, 0.25) is 0 Å². The Bertz CT molecular complexity index is 314. The number of fused-ring (bicyclic) bond motifs is 2. The van der Waals surface area contributed by atoms with Crippen LogP contribution >= 0.6 is 7.37 Å². The van der Waals surface area contributed by atoms with Crippen molar-refractivity contribution in [3.05, 3.63) is 0 Å². The van der Waals surface area contributed by atoms with Gasteiger partial charge in [-0.05, 0) is 6.92 Å². The Labute approximate surface area is 95.8 Å². The van der Waals surface area contributed by atoms with E-state index in [4.69, 9.17) is 18.7 Å². The van der Waals surface area contributed by atoms with E-state index < -0.39 is 13.0 Å². The average molecular weight is 250 g/mol. The standard InChI is InChI=1S/C10H19O5P/c1-7-8-9(15-16(3,4)11)10(14-7,5-12-2)6-13-8/h7-9H,5-6H2,1-4H3/t7-,8?,9+,10-/m0/s1. The van der Waals surface area contributed by atoms with Gasteiger partial charge < -0.3 is 18.7 Å². The maximum atomic E-state index is 11.8. The molecule has 0 amide bonds. The Morgan fingerprint density at radius 2 is 2.19 bits per heavy atom. The quantitative estimate of drug-likeness (QED) is 0.700. The highest BCUT2D eigenvalue weighted by Crippen LogP contribution is 2.50. The molecule has 16 heavy (non-hydrogen) atoms. The SMILES string of the molecule is COC[C@@]12COC([C@H](C)O1)[C@H]2OP(C)(C)=O. The van der Waals surface area contributed by atoms with Gasteiger partial charge in [-0.15, -0.1) is 0 Å². The highest BCUT2D eigenvalue weighted by Gasteiger charge is 2.62. The van der Waals surface area contributed by atoms with Gasteiger partial charge in [0.15, 0.2) is 7.37 Å². The number of rotatable bonds is 4. The first-order valence-corrected chi connectivity index (χ1v) is 7.92. The van der Waals surface area contributed by atoms with Crippen LogP contribution in [0.4, 0.5) is 0 Å². The van der Waals surface area contributed by atoms with Crippen LogP contribution in [0.25, 0.3) is 0 Å². The molecule has 0 aliphatic carbocycles. The molecule has 0 aromatic carbocycles. The Balaban J connectivity index is 2.19. The third kappa shape index (κ3) is 2.07. The second-order valence-electron chi connectivity index (χ2n) is 4.87. The van der Waals surface area contributed by atoms with Crippen molar-refractivity contribution in [2.45, 2.75) is 30.8 Å². The Morgan fingerprint density at radius 3 is 2.69 bits per heavy atom. The minimum atomic E-state index is -2.56. The Morgan fingerprint density at radius 1 is 1.50 bits per heavy atom. The van der Waals surface area contributed by atoms with Crippen LogP contribution in [0.3, 0.4) is 0 Å². The van der Waals surface area contributed by atoms with Crippen molar-refractivity contribution in [3.8, 4) is 0 Å². The first-order chi connectivity index (χ1) is 7.38. The van der Waals surface area contributed by atoms with Crippen molar-refractivity contribution in [2.24, 2.45) is 0 Å². The summed E-state index contributed by atoms with van der Waals surface area (Å²) < 4.78 is 34.0. The first kappa shape index (κ1) is 12.5. The molecule has 94 valence electrons. The van der Waals surface area contributed by atoms with E-state index in [0.29, 0.717) is 13.2 Å². The maximum absolute atomic E-state index is 11.8. The molecule has 0 saturated carbocycles. The molecule has 0 N–H and O–H groups in total. The van der Waals surface area contributed by atoms with Crippen molar-refractivity contribution in [1.82, 2.24) is 0 Å². The van der Waals surface area contributed by atoms with Gasteiger partial charge in [-0.2, -0.15) is 0 Å². The molecule has 2 bridgehead atoms. The van der Waals surface area contributed by atoms with E-state index in [1.807, 2.05) is 6.92 Å². The van der Waals surface area contributed by atoms with Gasteiger partial charge in [-0.25, -0.2) is 0 Å². The van der Waals surface area contributed by atoms with Gasteiger partial charge in [0.25, 0.3) is 0 Å². The van der Waals surface area contributed by atoms with Crippen molar-refractivity contribution < 1.29 is 23.3 Å². The molecule has 1 unspecified atom stereocenters. The molecule has 4 atom stereocenters. The van der Waals surface area contributed by atoms with Crippen LogP contribution in [0.1, 0.15) is 6.92 Å². The van der Waals surface area contributed by atoms with Gasteiger partial charge in [-0.1, -0.05) is 0 Å². The average Bonchev–Trinajstić information content (AvgIpc) is 2.54. The third-order valence-corrected chi connectivity index (χ3v) is 3.71. The molecule has 2 heterocycles. The van der Waals surface area contributed by atoms with E-state index in [-0.39, 0.29) is 18.3 Å². The lowest BCUT2D eigenvalue weighted by Crippen LogP contribution is -2.45. The van der Waals surface area contributed by atoms with Crippen molar-refractivity contribution >= 4 is 7.37 Å². The van der Waals surface area contributed by atoms with E-state index in [1.165, 1.54) is 0 Å². The molecule has 2 saturated heterocycles. The Hall–Kier alpha value is 0.0700. The fraction of sp³-hybridized carbons (Fsp3) is 1.00. The number of hydrogen-bond donors (Lipinski definition) is 0. The van der Waals surface area contributed by atoms with Crippen LogP contribution in [0.5, 0.6) is 0 Å². The molecule has 2 rings (SSSR count). The lowest BCUT2D eigenvalue weighted by atomic mass is 10.00. The molecule has 0 spiro atoms. The summed E-state index contributed by atoms with van der Waals surface area (Å²) >= 11 is 0. The molecule has 2 aliphatic heterocycles. The second-order valence-corrected chi connectivity index (χ2v) is 7.59. The van der Waals surface area contributed by atoms with Crippen LogP contribution in [0.15, 0.2) is 0 Å². The van der Waals surface area contributed by atoms with Crippen molar-refractivity contribution in [2.75, 3.05) is 33.7 Å². The molecule has 0 radical (unpaired) electrons. The largest absolute Gasteiger partial charge is 0.381 e. The number of methoxy groups -OCH3 is 1. The minimum Gasteiger partial charge on any atom is -0.381 e. The first-order valence-electron chi connectivity index (χ1n) is 5.40. The predicted molar refractivity (Wildman–Crippen MR) is 59.2 cm³/mol. The second kappa shape index (κ2) is 4.07. The molecular weight excluding hydrogens is 231 g/mol. The fourth-order valence-corrected chi connectivity index (χ4v) is 3.32. The van der Waals surface area contributed by atoms with Gasteiger partial charge in [0, 0.05) is 20.4 Å². The van der Waals surface area contributed by atoms with Crippen LogP contribution in [0, 0.1) is 0 Å². The molecule has 6 heteroatoms. The third-order valence-electron chi connectivity index (χ3n) is 2.98. The molecular formula is C10H19O5P. The summed E-state index contributed by atoms with van der Waals surface area (Å²) in [7, 11) is -0.944. The summed E-state index contributed by atoms with van der Waals surface area (Å²) in [6.07, 6.45) is -0.466. The summed E-state index contributed by atoms with van der Waals surface area (Å²) in [5.74, 6) is 0. The summed E-state index contributed by atoms with van der Waals surface area (Å²) in [5, 5.41) is 0. The van der Waals surface area contributed by atoms with Crippen molar-refractivity contribution in [1.29, 1.82) is 0 Å². The number of hydrogen-bond acceptors (Lipinski definition) is 5. The molecule has 0 aromatic rings. The van der Waals surface area contributed by atoms with Gasteiger partial charge in [0.2, 0.25) is 0 Å². The topological polar surface area (TPSA) is 54.0 Å². The van der Waals surface area contributed by atoms with E-state index in [9.17, 15) is 4.57 Å². The summed E-state index contributed by atoms with van der Waals surface area (Å²) in [5.41, 5.74) is -0.583. The monoisotopic (exact) mass is 250 g/mol. The molecule has 2 fully saturated rings. The van der Waals surface area contributed by atoms with Crippen LogP contribution in [-0.2, 0) is 23.3 Å². The van der Waals surface area contributed by atoms with Crippen LogP contribution < -0.4 is 0 Å². The molecule has 0 aromatic heterocycles. The smallest absolute Gasteiger partial charge is 0.197 e. The zero-order valence-electron chi connectivity index (χ0n) is 10.1. The highest BCUT2D eigenvalue weighted by atomic mass is 31.2. The van der Waals surface area contributed by atoms with Gasteiger partial charge in [0.05, 0.1) is 19.3 Å².